The fraction of sp³-hybridized carbons (Fsp3) is 0.667. The van der Waals surface area contributed by atoms with E-state index in [1.165, 1.54) is 0 Å². The maximum atomic E-state index is 4.58. The van der Waals surface area contributed by atoms with Crippen LogP contribution in [0.25, 0.3) is 0 Å². The van der Waals surface area contributed by atoms with Crippen molar-refractivity contribution in [1.29, 1.82) is 0 Å². The minimum absolute atomic E-state index is 0.0141. The number of thiazole rings is 1. The van der Waals surface area contributed by atoms with Gasteiger partial charge in [0, 0.05) is 44.0 Å². The first-order valence-corrected chi connectivity index (χ1v) is 8.56. The largest absolute Gasteiger partial charge is 0.345 e. The Morgan fingerprint density at radius 1 is 1.05 bits per heavy atom. The van der Waals surface area contributed by atoms with Crippen LogP contribution in [-0.4, -0.2) is 45.9 Å². The second kappa shape index (κ2) is 5.53. The average molecular weight is 320 g/mol. The molecule has 2 aromatic rings. The van der Waals surface area contributed by atoms with Gasteiger partial charge in [-0.15, -0.1) is 21.5 Å². The van der Waals surface area contributed by atoms with Gasteiger partial charge in [0.05, 0.1) is 5.69 Å². The van der Waals surface area contributed by atoms with Crippen molar-refractivity contribution in [3.8, 4) is 0 Å². The van der Waals surface area contributed by atoms with Crippen molar-refractivity contribution in [3.63, 3.8) is 0 Å². The fourth-order valence-electron chi connectivity index (χ4n) is 2.83. The molecule has 1 saturated heterocycles. The summed E-state index contributed by atoms with van der Waals surface area (Å²) in [6.45, 7) is 12.4. The SMILES string of the molecule is Cc1csc(N2CCN(c3nnc(C(C)(C)C)n3C)CC2)n1. The fourth-order valence-corrected chi connectivity index (χ4v) is 3.69. The number of rotatable bonds is 2. The van der Waals surface area contributed by atoms with Crippen LogP contribution < -0.4 is 9.80 Å². The maximum Gasteiger partial charge on any atom is 0.227 e. The minimum atomic E-state index is 0.0141. The van der Waals surface area contributed by atoms with Crippen molar-refractivity contribution >= 4 is 22.4 Å². The zero-order valence-electron chi connectivity index (χ0n) is 14.0. The molecule has 0 radical (unpaired) electrons. The Labute approximate surface area is 135 Å². The van der Waals surface area contributed by atoms with Crippen LogP contribution in [0, 0.1) is 6.92 Å². The number of hydrogen-bond donors (Lipinski definition) is 0. The van der Waals surface area contributed by atoms with Gasteiger partial charge in [0.25, 0.3) is 0 Å². The lowest BCUT2D eigenvalue weighted by Gasteiger charge is -2.35. The molecule has 120 valence electrons. The van der Waals surface area contributed by atoms with Crippen LogP contribution in [0.3, 0.4) is 0 Å². The smallest absolute Gasteiger partial charge is 0.227 e. The Hall–Kier alpha value is -1.63. The highest BCUT2D eigenvalue weighted by molar-refractivity contribution is 7.13. The lowest BCUT2D eigenvalue weighted by Crippen LogP contribution is -2.47. The lowest BCUT2D eigenvalue weighted by atomic mass is 9.96. The molecule has 1 aliphatic heterocycles. The second-order valence-electron chi connectivity index (χ2n) is 6.88. The standard InChI is InChI=1S/C15H24N6S/c1-11-10-22-14(16-11)21-8-6-20(7-9-21)13-18-17-12(19(13)5)15(2,3)4/h10H,6-9H2,1-5H3. The number of aryl methyl sites for hydroxylation is 1. The van der Waals surface area contributed by atoms with Gasteiger partial charge in [-0.05, 0) is 6.92 Å². The first-order chi connectivity index (χ1) is 10.4. The molecule has 0 saturated carbocycles. The topological polar surface area (TPSA) is 50.1 Å². The molecular formula is C15H24N6S. The molecule has 0 N–H and O–H groups in total. The van der Waals surface area contributed by atoms with E-state index >= 15 is 0 Å². The molecule has 0 atom stereocenters. The van der Waals surface area contributed by atoms with Crippen LogP contribution in [-0.2, 0) is 12.5 Å². The van der Waals surface area contributed by atoms with Gasteiger partial charge in [-0.3, -0.25) is 4.57 Å². The Morgan fingerprint density at radius 3 is 2.18 bits per heavy atom. The third kappa shape index (κ3) is 2.82. The summed E-state index contributed by atoms with van der Waals surface area (Å²) in [4.78, 5) is 9.25. The zero-order chi connectivity index (χ0) is 15.9. The first-order valence-electron chi connectivity index (χ1n) is 7.68. The number of hydrogen-bond acceptors (Lipinski definition) is 6. The van der Waals surface area contributed by atoms with E-state index < -0.39 is 0 Å². The highest BCUT2D eigenvalue weighted by Gasteiger charge is 2.26. The Kier molecular flexibility index (Phi) is 3.84. The van der Waals surface area contributed by atoms with Crippen LogP contribution in [0.4, 0.5) is 11.1 Å². The Morgan fingerprint density at radius 2 is 1.68 bits per heavy atom. The van der Waals surface area contributed by atoms with Gasteiger partial charge < -0.3 is 9.80 Å². The van der Waals surface area contributed by atoms with Gasteiger partial charge in [0.15, 0.2) is 5.13 Å². The summed E-state index contributed by atoms with van der Waals surface area (Å²) in [6, 6.07) is 0. The van der Waals surface area contributed by atoms with Crippen LogP contribution in [0.5, 0.6) is 0 Å². The number of aromatic nitrogens is 4. The molecule has 0 aliphatic carbocycles. The van der Waals surface area contributed by atoms with E-state index in [-0.39, 0.29) is 5.41 Å². The number of anilines is 2. The first kappa shape index (κ1) is 15.3. The van der Waals surface area contributed by atoms with Crippen molar-refractivity contribution in [2.24, 2.45) is 7.05 Å². The quantitative estimate of drug-likeness (QED) is 0.849. The molecule has 1 fully saturated rings. The molecule has 1 aliphatic rings. The normalized spacial score (nSPS) is 16.4. The second-order valence-corrected chi connectivity index (χ2v) is 7.71. The predicted octanol–water partition coefficient (Wildman–Crippen LogP) is 2.20. The van der Waals surface area contributed by atoms with Crippen LogP contribution >= 0.6 is 11.3 Å². The summed E-state index contributed by atoms with van der Waals surface area (Å²) >= 11 is 1.73. The van der Waals surface area contributed by atoms with Gasteiger partial charge in [-0.25, -0.2) is 4.98 Å². The van der Waals surface area contributed by atoms with Crippen LogP contribution in [0.15, 0.2) is 5.38 Å². The summed E-state index contributed by atoms with van der Waals surface area (Å²) in [5.41, 5.74) is 1.12. The number of piperazine rings is 1. The number of nitrogens with zero attached hydrogens (tertiary/aromatic N) is 6. The van der Waals surface area contributed by atoms with Crippen molar-refractivity contribution in [3.05, 3.63) is 16.9 Å². The summed E-state index contributed by atoms with van der Waals surface area (Å²) in [6.07, 6.45) is 0. The Balaban J connectivity index is 1.70. The molecule has 0 spiro atoms. The Bertz CT molecular complexity index is 645. The monoisotopic (exact) mass is 320 g/mol. The van der Waals surface area contributed by atoms with Crippen LogP contribution in [0.1, 0.15) is 32.3 Å². The third-order valence-electron chi connectivity index (χ3n) is 3.96. The summed E-state index contributed by atoms with van der Waals surface area (Å²) in [7, 11) is 2.06. The van der Waals surface area contributed by atoms with Gasteiger partial charge in [-0.1, -0.05) is 20.8 Å². The van der Waals surface area contributed by atoms with Crippen molar-refractivity contribution < 1.29 is 0 Å². The summed E-state index contributed by atoms with van der Waals surface area (Å²) < 4.78 is 2.13. The highest BCUT2D eigenvalue weighted by Crippen LogP contribution is 2.25. The highest BCUT2D eigenvalue weighted by atomic mass is 32.1. The molecule has 3 rings (SSSR count). The van der Waals surface area contributed by atoms with E-state index in [4.69, 9.17) is 0 Å². The molecule has 0 unspecified atom stereocenters. The molecule has 6 nitrogen and oxygen atoms in total. The molecule has 2 aromatic heterocycles. The molecule has 3 heterocycles. The minimum Gasteiger partial charge on any atom is -0.345 e. The van der Waals surface area contributed by atoms with Gasteiger partial charge >= 0.3 is 0 Å². The van der Waals surface area contributed by atoms with E-state index in [0.717, 1.165) is 48.8 Å². The zero-order valence-corrected chi connectivity index (χ0v) is 14.8. The van der Waals surface area contributed by atoms with Crippen molar-refractivity contribution in [2.75, 3.05) is 36.0 Å². The lowest BCUT2D eigenvalue weighted by molar-refractivity contribution is 0.518. The van der Waals surface area contributed by atoms with E-state index in [9.17, 15) is 0 Å². The van der Waals surface area contributed by atoms with Gasteiger partial charge in [-0.2, -0.15) is 0 Å². The molecule has 22 heavy (non-hydrogen) atoms. The van der Waals surface area contributed by atoms with E-state index in [0.29, 0.717) is 0 Å². The van der Waals surface area contributed by atoms with E-state index in [1.807, 2.05) is 6.92 Å². The molecule has 0 amide bonds. The summed E-state index contributed by atoms with van der Waals surface area (Å²) in [5, 5.41) is 12.0. The van der Waals surface area contributed by atoms with E-state index in [2.05, 4.69) is 62.7 Å². The molecule has 0 aromatic carbocycles. The maximum absolute atomic E-state index is 4.58. The van der Waals surface area contributed by atoms with Gasteiger partial charge in [0.1, 0.15) is 5.82 Å². The molecule has 7 heteroatoms. The van der Waals surface area contributed by atoms with Crippen LogP contribution in [0.2, 0.25) is 0 Å². The molecule has 0 bridgehead atoms. The average Bonchev–Trinajstić information content (AvgIpc) is 3.05. The molecular weight excluding hydrogens is 296 g/mol. The van der Waals surface area contributed by atoms with E-state index in [1.54, 1.807) is 11.3 Å². The van der Waals surface area contributed by atoms with Gasteiger partial charge in [0.2, 0.25) is 5.95 Å². The predicted molar refractivity (Wildman–Crippen MR) is 91.0 cm³/mol. The third-order valence-corrected chi connectivity index (χ3v) is 4.98. The summed E-state index contributed by atoms with van der Waals surface area (Å²) in [5.74, 6) is 2.00. The van der Waals surface area contributed by atoms with Crippen molar-refractivity contribution in [2.45, 2.75) is 33.1 Å². The van der Waals surface area contributed by atoms with Crippen molar-refractivity contribution in [1.82, 2.24) is 19.7 Å².